The molecule has 4 aromatic rings. The minimum atomic E-state index is 0. The molecule has 0 aliphatic heterocycles. The van der Waals surface area contributed by atoms with E-state index in [1.807, 2.05) is 0 Å². The van der Waals surface area contributed by atoms with Crippen LogP contribution >= 0.6 is 0 Å². The van der Waals surface area contributed by atoms with Crippen LogP contribution in [-0.4, -0.2) is 0 Å². The van der Waals surface area contributed by atoms with Gasteiger partial charge < -0.3 is 24.8 Å². The Hall–Kier alpha value is -1.14. The van der Waals surface area contributed by atoms with Crippen LogP contribution in [0.2, 0.25) is 0 Å². The van der Waals surface area contributed by atoms with Crippen molar-refractivity contribution in [3.05, 3.63) is 96.1 Å². The second kappa shape index (κ2) is 13.1. The van der Waals surface area contributed by atoms with Crippen LogP contribution in [0, 0.1) is 27.7 Å². The molecule has 0 spiro atoms. The van der Waals surface area contributed by atoms with Crippen molar-refractivity contribution in [2.75, 3.05) is 0 Å². The Kier molecular flexibility index (Phi) is 13.6. The molecular formula is C24H26Cl2Zr. The van der Waals surface area contributed by atoms with Crippen molar-refractivity contribution >= 4 is 21.5 Å². The molecule has 0 N–H and O–H groups in total. The maximum absolute atomic E-state index is 3.00. The van der Waals surface area contributed by atoms with E-state index in [9.17, 15) is 0 Å². The van der Waals surface area contributed by atoms with E-state index >= 15 is 0 Å². The SMILES string of the molecule is C=C.Cc1[cH-]c2ccccc2c1C.Cc1[cH-]c2ccccc2c1C.[Cl-].[Cl-].[Zr+4]. The van der Waals surface area contributed by atoms with Crippen LogP contribution < -0.4 is 24.8 Å². The third kappa shape index (κ3) is 6.46. The first-order valence-corrected chi connectivity index (χ1v) is 8.31. The zero-order valence-electron chi connectivity index (χ0n) is 16.4. The van der Waals surface area contributed by atoms with Gasteiger partial charge in [0.2, 0.25) is 0 Å². The third-order valence-corrected chi connectivity index (χ3v) is 4.66. The van der Waals surface area contributed by atoms with Gasteiger partial charge in [-0.15, -0.1) is 94.4 Å². The van der Waals surface area contributed by atoms with Gasteiger partial charge in [0, 0.05) is 0 Å². The number of hydrogen-bond donors (Lipinski definition) is 0. The van der Waals surface area contributed by atoms with Crippen LogP contribution in [0.3, 0.4) is 0 Å². The van der Waals surface area contributed by atoms with Gasteiger partial charge in [0.1, 0.15) is 0 Å². The smallest absolute Gasteiger partial charge is 1.00 e. The normalized spacial score (nSPS) is 8.89. The summed E-state index contributed by atoms with van der Waals surface area (Å²) in [6.07, 6.45) is 0. The van der Waals surface area contributed by atoms with E-state index in [0.717, 1.165) is 0 Å². The fourth-order valence-electron chi connectivity index (χ4n) is 3.04. The molecule has 0 radical (unpaired) electrons. The first kappa shape index (κ1) is 28.1. The van der Waals surface area contributed by atoms with Gasteiger partial charge in [0.05, 0.1) is 0 Å². The summed E-state index contributed by atoms with van der Waals surface area (Å²) in [6, 6.07) is 21.5. The average Bonchev–Trinajstić information content (AvgIpc) is 3.07. The van der Waals surface area contributed by atoms with Crippen molar-refractivity contribution in [3.8, 4) is 0 Å². The monoisotopic (exact) mass is 474 g/mol. The first-order chi connectivity index (χ1) is 11.6. The van der Waals surface area contributed by atoms with E-state index in [2.05, 4.69) is 102 Å². The van der Waals surface area contributed by atoms with Gasteiger partial charge in [-0.3, -0.25) is 0 Å². The van der Waals surface area contributed by atoms with Crippen molar-refractivity contribution in [2.45, 2.75) is 27.7 Å². The summed E-state index contributed by atoms with van der Waals surface area (Å²) in [4.78, 5) is 0. The molecule has 0 nitrogen and oxygen atoms in total. The van der Waals surface area contributed by atoms with Gasteiger partial charge in [0.25, 0.3) is 0 Å². The van der Waals surface area contributed by atoms with Gasteiger partial charge in [0.15, 0.2) is 0 Å². The number of rotatable bonds is 0. The summed E-state index contributed by atoms with van der Waals surface area (Å²) in [5.74, 6) is 0. The maximum Gasteiger partial charge on any atom is 4.00 e. The van der Waals surface area contributed by atoms with E-state index in [1.54, 1.807) is 0 Å². The number of benzene rings is 2. The standard InChI is InChI=1S/2C11H11.C2H4.2ClH.Zr/c2*1-8-7-10-5-3-4-6-11(10)9(8)2;1-2;;;/h2*3-7H,1-2H3;1-2H2;2*1H;/q2*-1;;;;+4/p-2. The van der Waals surface area contributed by atoms with Crippen molar-refractivity contribution in [1.82, 2.24) is 0 Å². The molecule has 0 heterocycles. The molecule has 3 heteroatoms. The number of halogens is 2. The van der Waals surface area contributed by atoms with Crippen molar-refractivity contribution < 1.29 is 51.0 Å². The van der Waals surface area contributed by atoms with Gasteiger partial charge in [-0.25, -0.2) is 0 Å². The zero-order valence-corrected chi connectivity index (χ0v) is 20.4. The van der Waals surface area contributed by atoms with Crippen LogP contribution in [0.25, 0.3) is 21.5 Å². The molecule has 27 heavy (non-hydrogen) atoms. The van der Waals surface area contributed by atoms with Gasteiger partial charge in [-0.1, -0.05) is 39.8 Å². The molecule has 0 aromatic heterocycles. The topological polar surface area (TPSA) is 0 Å². The van der Waals surface area contributed by atoms with Crippen LogP contribution in [-0.2, 0) is 26.2 Å². The predicted octanol–water partition coefficient (Wildman–Crippen LogP) is 1.16. The molecule has 4 rings (SSSR count). The Morgan fingerprint density at radius 3 is 1.19 bits per heavy atom. The minimum absolute atomic E-state index is 0. The molecule has 140 valence electrons. The molecule has 0 saturated carbocycles. The maximum atomic E-state index is 3.00. The molecule has 0 aliphatic carbocycles. The predicted molar refractivity (Wildman–Crippen MR) is 109 cm³/mol. The van der Waals surface area contributed by atoms with Crippen molar-refractivity contribution in [2.24, 2.45) is 0 Å². The quantitative estimate of drug-likeness (QED) is 0.264. The van der Waals surface area contributed by atoms with E-state index in [0.29, 0.717) is 0 Å². The van der Waals surface area contributed by atoms with Gasteiger partial charge in [-0.05, 0) is 0 Å². The van der Waals surface area contributed by atoms with Gasteiger partial charge in [-0.2, -0.15) is 11.1 Å². The molecule has 0 aliphatic rings. The molecule has 0 bridgehead atoms. The Morgan fingerprint density at radius 2 is 0.889 bits per heavy atom. The largest absolute Gasteiger partial charge is 4.00 e. The number of hydrogen-bond acceptors (Lipinski definition) is 0. The molecule has 4 aromatic carbocycles. The zero-order chi connectivity index (χ0) is 17.7. The summed E-state index contributed by atoms with van der Waals surface area (Å²) in [6.45, 7) is 14.7. The van der Waals surface area contributed by atoms with Crippen molar-refractivity contribution in [3.63, 3.8) is 0 Å². The third-order valence-electron chi connectivity index (χ3n) is 4.66. The van der Waals surface area contributed by atoms with Crippen LogP contribution in [0.1, 0.15) is 22.3 Å². The van der Waals surface area contributed by atoms with E-state index in [4.69, 9.17) is 0 Å². The summed E-state index contributed by atoms with van der Waals surface area (Å²) < 4.78 is 0. The average molecular weight is 477 g/mol. The Morgan fingerprint density at radius 1 is 0.593 bits per heavy atom. The summed E-state index contributed by atoms with van der Waals surface area (Å²) in [5, 5.41) is 5.51. The van der Waals surface area contributed by atoms with Crippen molar-refractivity contribution in [1.29, 1.82) is 0 Å². The van der Waals surface area contributed by atoms with Crippen LogP contribution in [0.5, 0.6) is 0 Å². The summed E-state index contributed by atoms with van der Waals surface area (Å²) in [5.41, 5.74) is 5.62. The molecule has 0 atom stereocenters. The minimum Gasteiger partial charge on any atom is -1.00 e. The summed E-state index contributed by atoms with van der Waals surface area (Å²) in [7, 11) is 0. The Labute approximate surface area is 195 Å². The molecule has 0 fully saturated rings. The molecule has 0 saturated heterocycles. The van der Waals surface area contributed by atoms with Crippen LogP contribution in [0.15, 0.2) is 73.8 Å². The van der Waals surface area contributed by atoms with Crippen LogP contribution in [0.4, 0.5) is 0 Å². The number of aryl methyl sites for hydroxylation is 4. The van der Waals surface area contributed by atoms with E-state index in [1.165, 1.54) is 43.8 Å². The second-order valence-electron chi connectivity index (χ2n) is 6.08. The molecular weight excluding hydrogens is 450 g/mol. The Balaban J connectivity index is 0. The fraction of sp³-hybridized carbons (Fsp3) is 0.167. The van der Waals surface area contributed by atoms with Gasteiger partial charge >= 0.3 is 26.2 Å². The summed E-state index contributed by atoms with van der Waals surface area (Å²) >= 11 is 0. The number of fused-ring (bicyclic) bond motifs is 2. The second-order valence-corrected chi connectivity index (χ2v) is 6.08. The fourth-order valence-corrected chi connectivity index (χ4v) is 3.04. The molecule has 0 amide bonds. The van der Waals surface area contributed by atoms with E-state index < -0.39 is 0 Å². The molecule has 0 unspecified atom stereocenters. The Bertz CT molecular complexity index is 869. The van der Waals surface area contributed by atoms with E-state index in [-0.39, 0.29) is 51.0 Å². The first-order valence-electron chi connectivity index (χ1n) is 8.31.